The highest BCUT2D eigenvalue weighted by molar-refractivity contribution is 7.80. The Morgan fingerprint density at radius 1 is 1.16 bits per heavy atom. The number of nitrogens with one attached hydrogen (secondary N) is 1. The summed E-state index contributed by atoms with van der Waals surface area (Å²) in [4.78, 5) is 12.2. The second-order valence-corrected chi connectivity index (χ2v) is 4.95. The third-order valence-electron chi connectivity index (χ3n) is 2.87. The molecule has 0 bridgehead atoms. The van der Waals surface area contributed by atoms with Crippen LogP contribution in [0, 0.1) is 0 Å². The quantitative estimate of drug-likeness (QED) is 0.820. The van der Waals surface area contributed by atoms with Crippen molar-refractivity contribution in [3.63, 3.8) is 0 Å². The number of nitrogens with two attached hydrogens (primary N) is 1. The summed E-state index contributed by atoms with van der Waals surface area (Å²) in [5.74, 6) is -0.00784. The minimum Gasteiger partial charge on any atom is -0.393 e. The molecular formula is C15H16N2OS. The van der Waals surface area contributed by atoms with Crippen LogP contribution in [-0.2, 0) is 11.2 Å². The van der Waals surface area contributed by atoms with Gasteiger partial charge in [-0.3, -0.25) is 4.79 Å². The van der Waals surface area contributed by atoms with Gasteiger partial charge in [0.25, 0.3) is 0 Å². The Bertz CT molecular complexity index is 610. The number of amides is 1. The van der Waals surface area contributed by atoms with E-state index in [1.165, 1.54) is 5.39 Å². The zero-order valence-corrected chi connectivity index (χ0v) is 11.4. The highest BCUT2D eigenvalue weighted by Gasteiger charge is 2.03. The summed E-state index contributed by atoms with van der Waals surface area (Å²) >= 11 is 4.76. The predicted molar refractivity (Wildman–Crippen MR) is 82.1 cm³/mol. The van der Waals surface area contributed by atoms with Crippen LogP contribution >= 0.6 is 12.2 Å². The maximum Gasteiger partial charge on any atom is 0.224 e. The van der Waals surface area contributed by atoms with Crippen molar-refractivity contribution < 1.29 is 4.79 Å². The normalized spacial score (nSPS) is 10.3. The smallest absolute Gasteiger partial charge is 0.224 e. The van der Waals surface area contributed by atoms with Crippen LogP contribution in [-0.4, -0.2) is 17.4 Å². The SMILES string of the molecule is NC(=S)CCNC(=O)Cc1ccc2ccccc2c1. The molecule has 0 saturated carbocycles. The number of carbonyl (C=O) groups excluding carboxylic acids is 1. The largest absolute Gasteiger partial charge is 0.393 e. The average molecular weight is 272 g/mol. The molecule has 0 aliphatic heterocycles. The van der Waals surface area contributed by atoms with E-state index >= 15 is 0 Å². The van der Waals surface area contributed by atoms with E-state index < -0.39 is 0 Å². The van der Waals surface area contributed by atoms with Crippen molar-refractivity contribution in [2.75, 3.05) is 6.54 Å². The Morgan fingerprint density at radius 3 is 2.63 bits per heavy atom. The Labute approximate surface area is 117 Å². The molecule has 98 valence electrons. The lowest BCUT2D eigenvalue weighted by atomic mass is 10.0. The summed E-state index contributed by atoms with van der Waals surface area (Å²) in [6.45, 7) is 0.502. The second kappa shape index (κ2) is 6.29. The molecule has 2 aromatic carbocycles. The van der Waals surface area contributed by atoms with Gasteiger partial charge in [-0.25, -0.2) is 0 Å². The molecule has 0 radical (unpaired) electrons. The number of benzene rings is 2. The number of rotatable bonds is 5. The molecule has 4 heteroatoms. The fraction of sp³-hybridized carbons (Fsp3) is 0.200. The van der Waals surface area contributed by atoms with E-state index in [0.717, 1.165) is 10.9 Å². The van der Waals surface area contributed by atoms with Crippen LogP contribution in [0.25, 0.3) is 10.8 Å². The van der Waals surface area contributed by atoms with Gasteiger partial charge in [-0.1, -0.05) is 54.7 Å². The van der Waals surface area contributed by atoms with Gasteiger partial charge in [0.2, 0.25) is 5.91 Å². The van der Waals surface area contributed by atoms with E-state index in [1.54, 1.807) is 0 Å². The van der Waals surface area contributed by atoms with Crippen LogP contribution in [0.15, 0.2) is 42.5 Å². The number of hydrogen-bond acceptors (Lipinski definition) is 2. The van der Waals surface area contributed by atoms with Gasteiger partial charge in [0.15, 0.2) is 0 Å². The second-order valence-electron chi connectivity index (χ2n) is 4.42. The summed E-state index contributed by atoms with van der Waals surface area (Å²) in [5, 5.41) is 5.13. The number of carbonyl (C=O) groups is 1. The lowest BCUT2D eigenvalue weighted by Gasteiger charge is -2.06. The van der Waals surface area contributed by atoms with Crippen molar-refractivity contribution in [2.24, 2.45) is 5.73 Å². The van der Waals surface area contributed by atoms with E-state index in [2.05, 4.69) is 11.4 Å². The van der Waals surface area contributed by atoms with Crippen LogP contribution in [0.1, 0.15) is 12.0 Å². The molecule has 0 heterocycles. The van der Waals surface area contributed by atoms with Gasteiger partial charge >= 0.3 is 0 Å². The highest BCUT2D eigenvalue weighted by atomic mass is 32.1. The Kier molecular flexibility index (Phi) is 4.47. The molecule has 0 spiro atoms. The summed E-state index contributed by atoms with van der Waals surface area (Å²) in [5.41, 5.74) is 6.38. The zero-order valence-electron chi connectivity index (χ0n) is 10.6. The third kappa shape index (κ3) is 4.03. The molecule has 0 aromatic heterocycles. The van der Waals surface area contributed by atoms with Crippen molar-refractivity contribution in [2.45, 2.75) is 12.8 Å². The highest BCUT2D eigenvalue weighted by Crippen LogP contribution is 2.15. The standard InChI is InChI=1S/C15H16N2OS/c16-14(19)7-8-17-15(18)10-11-5-6-12-3-1-2-4-13(12)9-11/h1-6,9H,7-8,10H2,(H2,16,19)(H,17,18). The van der Waals surface area contributed by atoms with Crippen molar-refractivity contribution in [1.29, 1.82) is 0 Å². The van der Waals surface area contributed by atoms with Crippen LogP contribution in [0.2, 0.25) is 0 Å². The molecule has 3 nitrogen and oxygen atoms in total. The first-order chi connectivity index (χ1) is 9.15. The molecule has 0 fully saturated rings. The molecular weight excluding hydrogens is 256 g/mol. The number of fused-ring (bicyclic) bond motifs is 1. The lowest BCUT2D eigenvalue weighted by molar-refractivity contribution is -0.120. The first kappa shape index (κ1) is 13.5. The molecule has 0 aliphatic rings. The summed E-state index contributed by atoms with van der Waals surface area (Å²) in [7, 11) is 0. The van der Waals surface area contributed by atoms with E-state index in [0.29, 0.717) is 24.4 Å². The minimum absolute atomic E-state index is 0.00784. The van der Waals surface area contributed by atoms with Crippen molar-refractivity contribution in [1.82, 2.24) is 5.32 Å². The maximum atomic E-state index is 11.7. The molecule has 19 heavy (non-hydrogen) atoms. The predicted octanol–water partition coefficient (Wildman–Crippen LogP) is 2.17. The van der Waals surface area contributed by atoms with Crippen LogP contribution in [0.4, 0.5) is 0 Å². The van der Waals surface area contributed by atoms with E-state index in [1.807, 2.05) is 36.4 Å². The first-order valence-corrected chi connectivity index (χ1v) is 6.58. The van der Waals surface area contributed by atoms with Crippen LogP contribution < -0.4 is 11.1 Å². The van der Waals surface area contributed by atoms with Gasteiger partial charge in [-0.05, 0) is 16.3 Å². The van der Waals surface area contributed by atoms with E-state index in [4.69, 9.17) is 18.0 Å². The Morgan fingerprint density at radius 2 is 1.89 bits per heavy atom. The van der Waals surface area contributed by atoms with Crippen molar-refractivity contribution in [3.05, 3.63) is 48.0 Å². The van der Waals surface area contributed by atoms with Gasteiger partial charge < -0.3 is 11.1 Å². The fourth-order valence-electron chi connectivity index (χ4n) is 1.92. The summed E-state index contributed by atoms with van der Waals surface area (Å²) in [6, 6.07) is 14.2. The minimum atomic E-state index is -0.00784. The molecule has 0 unspecified atom stereocenters. The summed E-state index contributed by atoms with van der Waals surface area (Å²) < 4.78 is 0. The van der Waals surface area contributed by atoms with Gasteiger partial charge in [0, 0.05) is 13.0 Å². The number of thiocarbonyl (C=S) groups is 1. The first-order valence-electron chi connectivity index (χ1n) is 6.18. The van der Waals surface area contributed by atoms with Gasteiger partial charge in [-0.15, -0.1) is 0 Å². The average Bonchev–Trinajstić information content (AvgIpc) is 2.38. The van der Waals surface area contributed by atoms with Crippen LogP contribution in [0.3, 0.4) is 0 Å². The van der Waals surface area contributed by atoms with Gasteiger partial charge in [0.1, 0.15) is 0 Å². The van der Waals surface area contributed by atoms with Crippen LogP contribution in [0.5, 0.6) is 0 Å². The fourth-order valence-corrected chi connectivity index (χ4v) is 2.02. The Hall–Kier alpha value is -1.94. The molecule has 2 rings (SSSR count). The third-order valence-corrected chi connectivity index (χ3v) is 3.08. The maximum absolute atomic E-state index is 11.7. The molecule has 0 aliphatic carbocycles. The molecule has 0 atom stereocenters. The molecule has 2 aromatic rings. The molecule has 0 saturated heterocycles. The van der Waals surface area contributed by atoms with E-state index in [-0.39, 0.29) is 5.91 Å². The zero-order chi connectivity index (χ0) is 13.7. The topological polar surface area (TPSA) is 55.1 Å². The van der Waals surface area contributed by atoms with E-state index in [9.17, 15) is 4.79 Å². The molecule has 1 amide bonds. The van der Waals surface area contributed by atoms with Gasteiger partial charge in [0.05, 0.1) is 11.4 Å². The van der Waals surface area contributed by atoms with Crippen molar-refractivity contribution >= 4 is 33.9 Å². The van der Waals surface area contributed by atoms with Crippen molar-refractivity contribution in [3.8, 4) is 0 Å². The number of hydrogen-bond donors (Lipinski definition) is 2. The monoisotopic (exact) mass is 272 g/mol. The van der Waals surface area contributed by atoms with Gasteiger partial charge in [-0.2, -0.15) is 0 Å². The Balaban J connectivity index is 1.97. The molecule has 3 N–H and O–H groups in total. The lowest BCUT2D eigenvalue weighted by Crippen LogP contribution is -2.28. The summed E-state index contributed by atoms with van der Waals surface area (Å²) in [6.07, 6.45) is 0.918.